The van der Waals surface area contributed by atoms with Gasteiger partial charge in [-0.3, -0.25) is 9.59 Å². The van der Waals surface area contributed by atoms with Crippen LogP contribution in [0.1, 0.15) is 22.6 Å². The molecule has 2 amide bonds. The molecule has 0 radical (unpaired) electrons. The number of fused-ring (bicyclic) bond motifs is 1. The summed E-state index contributed by atoms with van der Waals surface area (Å²) in [7, 11) is -2.68. The van der Waals surface area contributed by atoms with Crippen LogP contribution in [-0.2, 0) is 9.59 Å². The van der Waals surface area contributed by atoms with Gasteiger partial charge in [0.25, 0.3) is 11.8 Å². The molecule has 0 saturated heterocycles. The Morgan fingerprint density at radius 3 is 1.07 bits per heavy atom. The predicted molar refractivity (Wildman–Crippen MR) is 245 cm³/mol. The number of nitrogens with zero attached hydrogens (tertiary/aromatic N) is 2. The van der Waals surface area contributed by atoms with E-state index in [2.05, 4.69) is 123 Å². The zero-order valence-electron chi connectivity index (χ0n) is 31.5. The number of amides is 2. The van der Waals surface area contributed by atoms with Crippen LogP contribution in [0, 0.1) is 0 Å². The van der Waals surface area contributed by atoms with Crippen molar-refractivity contribution < 1.29 is 9.59 Å². The molecule has 8 heterocycles. The van der Waals surface area contributed by atoms with Gasteiger partial charge in [-0.1, -0.05) is 63.5 Å². The summed E-state index contributed by atoms with van der Waals surface area (Å²) in [6, 6.07) is 28.2. The van der Waals surface area contributed by atoms with E-state index < -0.39 is 16.1 Å². The lowest BCUT2D eigenvalue weighted by molar-refractivity contribution is -0.124. The molecule has 2 aliphatic heterocycles. The molecule has 0 bridgehead atoms. The maximum atomic E-state index is 14.9. The summed E-state index contributed by atoms with van der Waals surface area (Å²) in [6.45, 7) is 15.6. The first-order valence-electron chi connectivity index (χ1n) is 18.5. The number of thiophene rings is 6. The molecule has 8 rings (SSSR count). The molecule has 0 N–H and O–H groups in total. The molecular formula is C42H44N2O2S6Si2. The average Bonchev–Trinajstić information content (AvgIpc) is 3.95. The summed E-state index contributed by atoms with van der Waals surface area (Å²) in [5, 5.41) is 4.24. The van der Waals surface area contributed by atoms with Gasteiger partial charge in [0.05, 0.1) is 32.3 Å². The lowest BCUT2D eigenvalue weighted by Crippen LogP contribution is -2.32. The highest BCUT2D eigenvalue weighted by Gasteiger charge is 2.49. The van der Waals surface area contributed by atoms with Crippen molar-refractivity contribution in [3.63, 3.8) is 0 Å². The molecular weight excluding hydrogens is 813 g/mol. The van der Waals surface area contributed by atoms with Crippen molar-refractivity contribution in [2.45, 2.75) is 64.2 Å². The third-order valence-electron chi connectivity index (χ3n) is 9.70. The highest BCUT2D eigenvalue weighted by Crippen LogP contribution is 2.51. The van der Waals surface area contributed by atoms with Crippen molar-refractivity contribution in [1.29, 1.82) is 0 Å². The second-order valence-electron chi connectivity index (χ2n) is 16.3. The first kappa shape index (κ1) is 38.0. The average molecular weight is 857 g/mol. The Hall–Kier alpha value is -2.95. The van der Waals surface area contributed by atoms with E-state index >= 15 is 0 Å². The Morgan fingerprint density at radius 2 is 0.759 bits per heavy atom. The summed E-state index contributed by atoms with van der Waals surface area (Å²) < 4.78 is 0. The lowest BCUT2D eigenvalue weighted by Gasteiger charge is -2.26. The smallest absolute Gasteiger partial charge is 0.261 e. The van der Waals surface area contributed by atoms with Crippen molar-refractivity contribution in [2.24, 2.45) is 0 Å². The number of rotatable bonds is 14. The Morgan fingerprint density at radius 1 is 0.444 bits per heavy atom. The van der Waals surface area contributed by atoms with Gasteiger partial charge in [-0.05, 0) is 84.3 Å². The molecule has 0 spiro atoms. The van der Waals surface area contributed by atoms with Gasteiger partial charge in [0.15, 0.2) is 0 Å². The van der Waals surface area contributed by atoms with E-state index in [9.17, 15) is 9.59 Å². The van der Waals surface area contributed by atoms with Crippen LogP contribution in [0.25, 0.3) is 50.4 Å². The van der Waals surface area contributed by atoms with Crippen LogP contribution in [0.4, 0.5) is 0 Å². The van der Waals surface area contributed by atoms with Gasteiger partial charge >= 0.3 is 0 Å². The molecule has 0 aromatic carbocycles. The molecule has 6 aromatic heterocycles. The molecule has 278 valence electrons. The van der Waals surface area contributed by atoms with E-state index in [4.69, 9.17) is 0 Å². The van der Waals surface area contributed by atoms with E-state index in [1.165, 1.54) is 29.3 Å². The van der Waals surface area contributed by atoms with Crippen molar-refractivity contribution in [1.82, 2.24) is 9.80 Å². The molecule has 0 fully saturated rings. The summed E-state index contributed by atoms with van der Waals surface area (Å²) in [5.41, 5.74) is 2.81. The third kappa shape index (κ3) is 7.73. The number of carbonyl (C=O) groups excluding carboxylic acids is 2. The second-order valence-corrected chi connectivity index (χ2v) is 33.8. The zero-order chi connectivity index (χ0) is 37.8. The summed E-state index contributed by atoms with van der Waals surface area (Å²) >= 11 is 10.5. The van der Waals surface area contributed by atoms with Crippen molar-refractivity contribution >= 4 is 107 Å². The third-order valence-corrected chi connectivity index (χ3v) is 20.3. The molecule has 6 aromatic rings. The van der Waals surface area contributed by atoms with E-state index in [1.807, 2.05) is 9.80 Å². The van der Waals surface area contributed by atoms with Gasteiger partial charge in [0, 0.05) is 68.3 Å². The first-order valence-corrected chi connectivity index (χ1v) is 30.9. The van der Waals surface area contributed by atoms with Gasteiger partial charge in [0.2, 0.25) is 0 Å². The summed E-state index contributed by atoms with van der Waals surface area (Å²) in [6.07, 6.45) is 1.85. The highest BCUT2D eigenvalue weighted by atomic mass is 32.1. The van der Waals surface area contributed by atoms with Crippen molar-refractivity contribution in [2.75, 3.05) is 13.1 Å². The molecule has 12 heteroatoms. The largest absolute Gasteiger partial charge is 0.306 e. The quantitative estimate of drug-likeness (QED) is 0.102. The molecule has 0 saturated carbocycles. The van der Waals surface area contributed by atoms with E-state index in [-0.39, 0.29) is 11.8 Å². The van der Waals surface area contributed by atoms with Crippen LogP contribution in [0.3, 0.4) is 0 Å². The first-order chi connectivity index (χ1) is 25.8. The molecule has 0 atom stereocenters. The van der Waals surface area contributed by atoms with Crippen molar-refractivity contribution in [3.8, 4) is 39.0 Å². The minimum absolute atomic E-state index is 0.0243. The fraction of sp³-hybridized carbons (Fsp3) is 0.286. The Balaban J connectivity index is 1.22. The Labute approximate surface area is 344 Å². The van der Waals surface area contributed by atoms with Crippen LogP contribution in [0.5, 0.6) is 0 Å². The molecule has 54 heavy (non-hydrogen) atoms. The number of carbonyl (C=O) groups is 2. The summed E-state index contributed by atoms with van der Waals surface area (Å²) in [5.74, 6) is -0.0486. The second kappa shape index (κ2) is 15.2. The lowest BCUT2D eigenvalue weighted by atomic mass is 10.1. The van der Waals surface area contributed by atoms with Crippen LogP contribution in [0.2, 0.25) is 51.4 Å². The summed E-state index contributed by atoms with van der Waals surface area (Å²) in [4.78, 5) is 45.6. The molecule has 4 nitrogen and oxygen atoms in total. The highest BCUT2D eigenvalue weighted by molar-refractivity contribution is 7.27. The van der Waals surface area contributed by atoms with Gasteiger partial charge in [-0.2, -0.15) is 0 Å². The van der Waals surface area contributed by atoms with E-state index in [0.717, 1.165) is 55.8 Å². The van der Waals surface area contributed by atoms with Crippen molar-refractivity contribution in [3.05, 3.63) is 104 Å². The number of hydrogen-bond acceptors (Lipinski definition) is 8. The van der Waals surface area contributed by atoms with Crippen LogP contribution in [-0.4, -0.2) is 50.9 Å². The van der Waals surface area contributed by atoms with Gasteiger partial charge < -0.3 is 9.80 Å². The Kier molecular flexibility index (Phi) is 10.7. The van der Waals surface area contributed by atoms with E-state index in [0.29, 0.717) is 24.2 Å². The zero-order valence-corrected chi connectivity index (χ0v) is 38.4. The van der Waals surface area contributed by atoms with Crippen LogP contribution >= 0.6 is 68.0 Å². The normalized spacial score (nSPS) is 15.1. The van der Waals surface area contributed by atoms with Gasteiger partial charge in [-0.15, -0.1) is 68.0 Å². The van der Waals surface area contributed by atoms with E-state index in [1.54, 1.807) is 68.0 Å². The fourth-order valence-electron chi connectivity index (χ4n) is 7.11. The van der Waals surface area contributed by atoms with Crippen LogP contribution < -0.4 is 0 Å². The molecule has 2 aliphatic rings. The Bertz CT molecular complexity index is 2210. The predicted octanol–water partition coefficient (Wildman–Crippen LogP) is 14.0. The number of hydrogen-bond donors (Lipinski definition) is 0. The maximum absolute atomic E-state index is 14.9. The topological polar surface area (TPSA) is 40.6 Å². The molecule has 0 aliphatic carbocycles. The standard InChI is InChI=1S/C42H44N2O2S6Si2/c1-53(2,3)25-9-21-43-39(35-19-17-33(51-35)31-15-13-29(49-31)27-11-7-23-47-27)37-38(41(43)45)40(44(42(37)46)22-10-26-54(4,5)6)36-20-18-34(52-36)32-16-14-30(50-32)28-12-8-24-48-28/h7-8,11-20,23-24H,9-10,21-22,25-26H2,1-6H3. The minimum atomic E-state index is -1.34. The minimum Gasteiger partial charge on any atom is -0.306 e. The van der Waals surface area contributed by atoms with Gasteiger partial charge in [-0.25, -0.2) is 0 Å². The monoisotopic (exact) mass is 856 g/mol. The maximum Gasteiger partial charge on any atom is 0.261 e. The van der Waals surface area contributed by atoms with Gasteiger partial charge in [0.1, 0.15) is 0 Å². The van der Waals surface area contributed by atoms with Crippen LogP contribution in [0.15, 0.2) is 94.7 Å². The SMILES string of the molecule is C[Si](C)(C)CCCN1C(=O)C2=C(c3ccc(-c4ccc(-c5cccs5)s4)s3)N(CCC[Si](C)(C)C)C(=O)C2=C1c1ccc(-c2ccc(-c3cccs3)s2)s1. The molecule has 0 unspecified atom stereocenters. The fourth-order valence-corrected chi connectivity index (χ4v) is 15.5.